The number of carbonyl (C=O) groups excluding carboxylic acids is 1. The lowest BCUT2D eigenvalue weighted by molar-refractivity contribution is -0.127. The Morgan fingerprint density at radius 3 is 1.91 bits per heavy atom. The first-order valence-corrected chi connectivity index (χ1v) is 18.2. The number of pyridine rings is 1. The zero-order chi connectivity index (χ0) is 35.5. The number of azo groups is 1. The lowest BCUT2D eigenvalue weighted by atomic mass is 9.95. The summed E-state index contributed by atoms with van der Waals surface area (Å²) in [6, 6.07) is 7.90. The van der Waals surface area contributed by atoms with Crippen LogP contribution in [0.15, 0.2) is 44.2 Å². The Labute approximate surface area is 281 Å². The number of aromatic nitrogens is 1. The maximum atomic E-state index is 14.0. The van der Waals surface area contributed by atoms with Crippen LogP contribution in [-0.2, 0) is 14.8 Å². The van der Waals surface area contributed by atoms with Crippen molar-refractivity contribution in [2.24, 2.45) is 27.5 Å². The molecule has 1 heterocycles. The molecule has 0 saturated carbocycles. The number of sulfonamides is 1. The van der Waals surface area contributed by atoms with Crippen molar-refractivity contribution in [3.05, 3.63) is 45.7 Å². The van der Waals surface area contributed by atoms with Crippen LogP contribution in [-0.4, -0.2) is 48.6 Å². The summed E-state index contributed by atoms with van der Waals surface area (Å²) in [5, 5.41) is 29.7. The minimum Gasteiger partial charge on any atom is -0.492 e. The molecule has 2 rings (SSSR count). The summed E-state index contributed by atoms with van der Waals surface area (Å²) in [6.07, 6.45) is 8.02. The largest absolute Gasteiger partial charge is 0.492 e. The van der Waals surface area contributed by atoms with Crippen molar-refractivity contribution in [2.75, 3.05) is 25.1 Å². The number of amides is 1. The molecule has 12 heteroatoms. The van der Waals surface area contributed by atoms with Gasteiger partial charge in [-0.2, -0.15) is 19.4 Å². The van der Waals surface area contributed by atoms with Gasteiger partial charge in [0.15, 0.2) is 5.69 Å². The van der Waals surface area contributed by atoms with Gasteiger partial charge >= 0.3 is 5.56 Å². The number of unbranched alkanes of at least 4 members (excludes halogenated alkanes) is 2. The van der Waals surface area contributed by atoms with Crippen LogP contribution in [0.4, 0.5) is 11.4 Å². The Hall–Kier alpha value is -3.56. The van der Waals surface area contributed by atoms with Crippen molar-refractivity contribution in [2.45, 2.75) is 112 Å². The fourth-order valence-corrected chi connectivity index (χ4v) is 7.07. The van der Waals surface area contributed by atoms with E-state index in [0.717, 1.165) is 56.4 Å². The van der Waals surface area contributed by atoms with Crippen molar-refractivity contribution in [3.8, 4) is 11.9 Å². The number of hydrogen-bond acceptors (Lipinski definition) is 8. The SMILES string of the molecule is CCCCC(CC)CN(CC(CC)CCCC)S(=O)(=O)c1ccc(N=Nc2c(C)c(C#N)c(O)n(N(C)C(=O)C(C)(C)C)c2=O)cc1. The highest BCUT2D eigenvalue weighted by molar-refractivity contribution is 7.89. The van der Waals surface area contributed by atoms with E-state index in [9.17, 15) is 28.4 Å². The van der Waals surface area contributed by atoms with Crippen molar-refractivity contribution in [1.29, 1.82) is 5.26 Å². The van der Waals surface area contributed by atoms with Crippen LogP contribution >= 0.6 is 0 Å². The van der Waals surface area contributed by atoms with E-state index in [4.69, 9.17) is 0 Å². The van der Waals surface area contributed by atoms with Crippen LogP contribution < -0.4 is 10.6 Å². The maximum Gasteiger partial charge on any atom is 0.300 e. The maximum absolute atomic E-state index is 14.0. The third-order valence-electron chi connectivity index (χ3n) is 8.65. The average Bonchev–Trinajstić information content (AvgIpc) is 3.03. The van der Waals surface area contributed by atoms with Gasteiger partial charge in [-0.05, 0) is 55.9 Å². The summed E-state index contributed by atoms with van der Waals surface area (Å²) in [6.45, 7) is 15.9. The average molecular weight is 671 g/mol. The van der Waals surface area contributed by atoms with Crippen LogP contribution in [0.5, 0.6) is 5.88 Å². The minimum absolute atomic E-state index is 0.101. The lowest BCUT2D eigenvalue weighted by Crippen LogP contribution is -2.48. The zero-order valence-electron chi connectivity index (χ0n) is 29.7. The van der Waals surface area contributed by atoms with E-state index in [0.29, 0.717) is 17.8 Å². The molecule has 260 valence electrons. The molecule has 0 fully saturated rings. The lowest BCUT2D eigenvalue weighted by Gasteiger charge is -2.30. The smallest absolute Gasteiger partial charge is 0.300 e. The van der Waals surface area contributed by atoms with Crippen molar-refractivity contribution >= 4 is 27.3 Å². The summed E-state index contributed by atoms with van der Waals surface area (Å²) in [4.78, 5) is 26.5. The summed E-state index contributed by atoms with van der Waals surface area (Å²) in [5.74, 6) is -0.596. The molecule has 0 aliphatic carbocycles. The molecule has 0 radical (unpaired) electrons. The molecule has 0 aliphatic heterocycles. The van der Waals surface area contributed by atoms with Gasteiger partial charge in [0.2, 0.25) is 21.8 Å². The number of hydrogen-bond donors (Lipinski definition) is 1. The molecule has 47 heavy (non-hydrogen) atoms. The molecule has 2 unspecified atom stereocenters. The topological polar surface area (TPSA) is 148 Å². The molecular formula is C35H54N6O5S. The second-order valence-corrected chi connectivity index (χ2v) is 15.3. The Kier molecular flexibility index (Phi) is 14.8. The molecule has 1 aromatic carbocycles. The van der Waals surface area contributed by atoms with Gasteiger partial charge in [0.25, 0.3) is 0 Å². The van der Waals surface area contributed by atoms with Crippen LogP contribution in [0, 0.1) is 35.5 Å². The first-order chi connectivity index (χ1) is 22.1. The summed E-state index contributed by atoms with van der Waals surface area (Å²) in [7, 11) is -2.47. The quantitative estimate of drug-likeness (QED) is 0.170. The second-order valence-electron chi connectivity index (χ2n) is 13.3. The van der Waals surface area contributed by atoms with Gasteiger partial charge in [-0.1, -0.05) is 87.0 Å². The van der Waals surface area contributed by atoms with E-state index in [2.05, 4.69) is 37.9 Å². The summed E-state index contributed by atoms with van der Waals surface area (Å²) >= 11 is 0. The van der Waals surface area contributed by atoms with Crippen molar-refractivity contribution < 1.29 is 18.3 Å². The fourth-order valence-electron chi connectivity index (χ4n) is 5.48. The van der Waals surface area contributed by atoms with Gasteiger partial charge in [0.1, 0.15) is 11.6 Å². The van der Waals surface area contributed by atoms with Crippen LogP contribution in [0.3, 0.4) is 0 Å². The molecule has 1 N–H and O–H groups in total. The Bertz CT molecular complexity index is 1570. The molecule has 0 spiro atoms. The third-order valence-corrected chi connectivity index (χ3v) is 10.5. The predicted molar refractivity (Wildman–Crippen MR) is 186 cm³/mol. The summed E-state index contributed by atoms with van der Waals surface area (Å²) in [5.41, 5.74) is -1.77. The van der Waals surface area contributed by atoms with E-state index in [1.165, 1.54) is 38.2 Å². The fraction of sp³-hybridized carbons (Fsp3) is 0.629. The monoisotopic (exact) mass is 670 g/mol. The number of aromatic hydroxyl groups is 1. The number of nitriles is 1. The van der Waals surface area contributed by atoms with E-state index in [-0.39, 0.29) is 39.2 Å². The second kappa shape index (κ2) is 17.6. The number of carbonyl (C=O) groups is 1. The molecular weight excluding hydrogens is 616 g/mol. The highest BCUT2D eigenvalue weighted by atomic mass is 32.2. The number of benzene rings is 1. The minimum atomic E-state index is -3.80. The normalized spacial score (nSPS) is 13.6. The first-order valence-electron chi connectivity index (χ1n) is 16.8. The molecule has 11 nitrogen and oxygen atoms in total. The van der Waals surface area contributed by atoms with Gasteiger partial charge in [0, 0.05) is 31.1 Å². The van der Waals surface area contributed by atoms with Gasteiger partial charge in [0.05, 0.1) is 10.6 Å². The molecule has 1 amide bonds. The molecule has 2 aromatic rings. The Morgan fingerprint density at radius 2 is 1.49 bits per heavy atom. The van der Waals surface area contributed by atoms with Gasteiger partial charge in [-0.3, -0.25) is 9.59 Å². The van der Waals surface area contributed by atoms with Crippen LogP contribution in [0.2, 0.25) is 0 Å². The van der Waals surface area contributed by atoms with Gasteiger partial charge in [-0.25, -0.2) is 13.4 Å². The van der Waals surface area contributed by atoms with E-state index < -0.39 is 32.8 Å². The van der Waals surface area contributed by atoms with Gasteiger partial charge in [-0.15, -0.1) is 5.11 Å². The summed E-state index contributed by atoms with van der Waals surface area (Å²) < 4.78 is 30.4. The van der Waals surface area contributed by atoms with E-state index >= 15 is 0 Å². The first kappa shape index (κ1) is 39.6. The zero-order valence-corrected chi connectivity index (χ0v) is 30.5. The Balaban J connectivity index is 2.51. The van der Waals surface area contributed by atoms with Crippen molar-refractivity contribution in [1.82, 2.24) is 8.98 Å². The highest BCUT2D eigenvalue weighted by Crippen LogP contribution is 2.30. The molecule has 0 bridgehead atoms. The standard InChI is InChI=1S/C35H54N6O5S/c1-10-14-16-26(12-3)23-40(24-27(13-4)17-15-11-2)47(45,46)29-20-18-28(19-21-29)37-38-31-25(5)30(22-36)32(42)41(33(31)43)39(9)34(44)35(6,7)8/h18-21,26-27,42H,10-17,23-24H2,1-9H3. The van der Waals surface area contributed by atoms with E-state index in [1.54, 1.807) is 25.1 Å². The number of nitrogens with zero attached hydrogens (tertiary/aromatic N) is 6. The van der Waals surface area contributed by atoms with Crippen LogP contribution in [0.25, 0.3) is 0 Å². The Morgan fingerprint density at radius 1 is 0.979 bits per heavy atom. The number of rotatable bonds is 17. The molecule has 0 saturated heterocycles. The molecule has 1 aromatic heterocycles. The van der Waals surface area contributed by atoms with Crippen molar-refractivity contribution in [3.63, 3.8) is 0 Å². The van der Waals surface area contributed by atoms with E-state index in [1.807, 2.05) is 6.07 Å². The molecule has 2 atom stereocenters. The molecule has 0 aliphatic rings. The van der Waals surface area contributed by atoms with Crippen LogP contribution in [0.1, 0.15) is 111 Å². The van der Waals surface area contributed by atoms with Gasteiger partial charge < -0.3 is 5.11 Å². The highest BCUT2D eigenvalue weighted by Gasteiger charge is 2.31. The third kappa shape index (κ3) is 9.97. The predicted octanol–water partition coefficient (Wildman–Crippen LogP) is 7.71.